The Balaban J connectivity index is 2.59. The lowest BCUT2D eigenvalue weighted by molar-refractivity contribution is 0.430. The number of aromatic nitrogens is 2. The summed E-state index contributed by atoms with van der Waals surface area (Å²) in [5, 5.41) is 13.0. The van der Waals surface area contributed by atoms with Crippen molar-refractivity contribution >= 4 is 0 Å². The highest BCUT2D eigenvalue weighted by atomic mass is 19.1. The molecule has 1 N–H and O–H groups in total. The van der Waals surface area contributed by atoms with Crippen LogP contribution in [0.4, 0.5) is 4.39 Å². The Bertz CT molecular complexity index is 425. The molecule has 0 aliphatic carbocycles. The molecule has 66 valence electrons. The van der Waals surface area contributed by atoms with Gasteiger partial charge < -0.3 is 5.11 Å². The zero-order valence-corrected chi connectivity index (χ0v) is 6.68. The monoisotopic (exact) mass is 178 g/mol. The van der Waals surface area contributed by atoms with E-state index in [0.29, 0.717) is 0 Å². The predicted octanol–water partition coefficient (Wildman–Crippen LogP) is 1.72. The van der Waals surface area contributed by atoms with Gasteiger partial charge in [0, 0.05) is 6.07 Å². The molecule has 13 heavy (non-hydrogen) atoms. The summed E-state index contributed by atoms with van der Waals surface area (Å²) in [4.78, 5) is 0. The maximum Gasteiger partial charge on any atom is 0.214 e. The minimum absolute atomic E-state index is 0.0786. The van der Waals surface area contributed by atoms with E-state index in [0.717, 1.165) is 4.68 Å². The first-order valence-corrected chi connectivity index (χ1v) is 3.77. The van der Waals surface area contributed by atoms with Gasteiger partial charge in [0.15, 0.2) is 0 Å². The molecular weight excluding hydrogens is 171 g/mol. The third-order valence-electron chi connectivity index (χ3n) is 1.70. The third kappa shape index (κ3) is 1.26. The fourth-order valence-electron chi connectivity index (χ4n) is 1.11. The molecule has 0 saturated carbocycles. The highest BCUT2D eigenvalue weighted by Crippen LogP contribution is 2.17. The normalized spacial score (nSPS) is 10.2. The van der Waals surface area contributed by atoms with E-state index in [-0.39, 0.29) is 11.6 Å². The first kappa shape index (κ1) is 7.79. The van der Waals surface area contributed by atoms with Gasteiger partial charge in [-0.2, -0.15) is 9.78 Å². The van der Waals surface area contributed by atoms with E-state index in [1.54, 1.807) is 18.2 Å². The molecule has 3 nitrogen and oxygen atoms in total. The Morgan fingerprint density at radius 3 is 2.62 bits per heavy atom. The van der Waals surface area contributed by atoms with Crippen LogP contribution in [-0.4, -0.2) is 14.9 Å². The summed E-state index contributed by atoms with van der Waals surface area (Å²) in [5.74, 6) is -0.494. The standard InChI is InChI=1S/C9H7FN2O/c10-7-3-1-2-4-8(7)12-9(13)5-6-11-12/h1-6,13H. The molecule has 0 saturated heterocycles. The minimum atomic E-state index is -0.415. The molecule has 1 aromatic heterocycles. The molecule has 2 aromatic rings. The molecule has 0 aliphatic heterocycles. The molecule has 0 unspecified atom stereocenters. The van der Waals surface area contributed by atoms with Crippen LogP contribution in [0.15, 0.2) is 36.5 Å². The molecule has 0 fully saturated rings. The lowest BCUT2D eigenvalue weighted by Gasteiger charge is -2.02. The largest absolute Gasteiger partial charge is 0.493 e. The van der Waals surface area contributed by atoms with E-state index in [2.05, 4.69) is 5.10 Å². The number of para-hydroxylation sites is 1. The summed E-state index contributed by atoms with van der Waals surface area (Å²) in [5.41, 5.74) is 0.241. The zero-order chi connectivity index (χ0) is 9.26. The van der Waals surface area contributed by atoms with Crippen LogP contribution in [0.2, 0.25) is 0 Å². The van der Waals surface area contributed by atoms with Gasteiger partial charge in [-0.05, 0) is 12.1 Å². The predicted molar refractivity (Wildman–Crippen MR) is 45.2 cm³/mol. The summed E-state index contributed by atoms with van der Waals surface area (Å²) in [7, 11) is 0. The van der Waals surface area contributed by atoms with E-state index < -0.39 is 5.82 Å². The number of nitrogens with zero attached hydrogens (tertiary/aromatic N) is 2. The van der Waals surface area contributed by atoms with Gasteiger partial charge in [-0.25, -0.2) is 4.39 Å². The minimum Gasteiger partial charge on any atom is -0.493 e. The summed E-state index contributed by atoms with van der Waals surface area (Å²) < 4.78 is 14.3. The summed E-state index contributed by atoms with van der Waals surface area (Å²) in [6.45, 7) is 0. The molecule has 0 radical (unpaired) electrons. The molecule has 0 aliphatic rings. The Morgan fingerprint density at radius 1 is 1.23 bits per heavy atom. The number of aromatic hydroxyl groups is 1. The fourth-order valence-corrected chi connectivity index (χ4v) is 1.11. The van der Waals surface area contributed by atoms with Gasteiger partial charge in [-0.1, -0.05) is 12.1 Å². The van der Waals surface area contributed by atoms with Crippen LogP contribution in [-0.2, 0) is 0 Å². The van der Waals surface area contributed by atoms with Gasteiger partial charge in [-0.15, -0.1) is 0 Å². The number of hydrogen-bond acceptors (Lipinski definition) is 2. The van der Waals surface area contributed by atoms with Gasteiger partial charge >= 0.3 is 0 Å². The van der Waals surface area contributed by atoms with Crippen molar-refractivity contribution in [3.8, 4) is 11.6 Å². The van der Waals surface area contributed by atoms with Gasteiger partial charge in [0.2, 0.25) is 5.88 Å². The maximum absolute atomic E-state index is 13.2. The van der Waals surface area contributed by atoms with Crippen LogP contribution >= 0.6 is 0 Å². The second kappa shape index (κ2) is 2.90. The van der Waals surface area contributed by atoms with Crippen molar-refractivity contribution < 1.29 is 9.50 Å². The van der Waals surface area contributed by atoms with Gasteiger partial charge in [-0.3, -0.25) is 0 Å². The lowest BCUT2D eigenvalue weighted by Crippen LogP contribution is -1.98. The van der Waals surface area contributed by atoms with Crippen LogP contribution in [0, 0.1) is 5.82 Å². The summed E-state index contributed by atoms with van der Waals surface area (Å²) in [6, 6.07) is 7.52. The van der Waals surface area contributed by atoms with E-state index in [4.69, 9.17) is 0 Å². The van der Waals surface area contributed by atoms with Crippen LogP contribution in [0.25, 0.3) is 5.69 Å². The molecule has 0 atom stereocenters. The van der Waals surface area contributed by atoms with Crippen molar-refractivity contribution in [1.29, 1.82) is 0 Å². The molecular formula is C9H7FN2O. The van der Waals surface area contributed by atoms with Crippen LogP contribution in [0.5, 0.6) is 5.88 Å². The third-order valence-corrected chi connectivity index (χ3v) is 1.70. The average Bonchev–Trinajstić information content (AvgIpc) is 2.52. The van der Waals surface area contributed by atoms with Gasteiger partial charge in [0.05, 0.1) is 6.20 Å². The molecule has 1 aromatic carbocycles. The highest BCUT2D eigenvalue weighted by molar-refractivity contribution is 5.35. The SMILES string of the molecule is Oc1ccnn1-c1ccccc1F. The number of hydrogen-bond donors (Lipinski definition) is 1. The zero-order valence-electron chi connectivity index (χ0n) is 6.68. The molecule has 0 bridgehead atoms. The Kier molecular flexibility index (Phi) is 1.73. The van der Waals surface area contributed by atoms with E-state index in [9.17, 15) is 9.50 Å². The number of benzene rings is 1. The highest BCUT2D eigenvalue weighted by Gasteiger charge is 2.06. The topological polar surface area (TPSA) is 38.1 Å². The van der Waals surface area contributed by atoms with Crippen molar-refractivity contribution in [2.24, 2.45) is 0 Å². The van der Waals surface area contributed by atoms with Crippen LogP contribution in [0.1, 0.15) is 0 Å². The molecule has 2 rings (SSSR count). The number of rotatable bonds is 1. The van der Waals surface area contributed by atoms with Gasteiger partial charge in [0.1, 0.15) is 11.5 Å². The van der Waals surface area contributed by atoms with Crippen molar-refractivity contribution in [3.05, 3.63) is 42.3 Å². The van der Waals surface area contributed by atoms with Crippen molar-refractivity contribution in [2.75, 3.05) is 0 Å². The van der Waals surface area contributed by atoms with Crippen LogP contribution < -0.4 is 0 Å². The fraction of sp³-hybridized carbons (Fsp3) is 0. The Hall–Kier alpha value is -1.84. The Labute approximate surface area is 74.1 Å². The van der Waals surface area contributed by atoms with Crippen molar-refractivity contribution in [3.63, 3.8) is 0 Å². The van der Waals surface area contributed by atoms with Crippen molar-refractivity contribution in [2.45, 2.75) is 0 Å². The molecule has 1 heterocycles. The summed E-state index contributed by atoms with van der Waals surface area (Å²) >= 11 is 0. The smallest absolute Gasteiger partial charge is 0.214 e. The first-order chi connectivity index (χ1) is 6.29. The molecule has 4 heteroatoms. The van der Waals surface area contributed by atoms with Crippen molar-refractivity contribution in [1.82, 2.24) is 9.78 Å². The molecule has 0 amide bonds. The lowest BCUT2D eigenvalue weighted by atomic mass is 10.3. The van der Waals surface area contributed by atoms with Crippen LogP contribution in [0.3, 0.4) is 0 Å². The van der Waals surface area contributed by atoms with E-state index in [1.807, 2.05) is 0 Å². The summed E-state index contributed by atoms with van der Waals surface area (Å²) in [6.07, 6.45) is 1.40. The Morgan fingerprint density at radius 2 is 2.00 bits per heavy atom. The molecule has 0 spiro atoms. The first-order valence-electron chi connectivity index (χ1n) is 3.77. The van der Waals surface area contributed by atoms with E-state index in [1.165, 1.54) is 18.3 Å². The second-order valence-corrected chi connectivity index (χ2v) is 2.55. The van der Waals surface area contributed by atoms with Gasteiger partial charge in [0.25, 0.3) is 0 Å². The van der Waals surface area contributed by atoms with E-state index >= 15 is 0 Å². The quantitative estimate of drug-likeness (QED) is 0.721. The number of halogens is 1. The average molecular weight is 178 g/mol. The second-order valence-electron chi connectivity index (χ2n) is 2.55. The maximum atomic E-state index is 13.2.